The van der Waals surface area contributed by atoms with Gasteiger partial charge in [0.1, 0.15) is 5.60 Å². The van der Waals surface area contributed by atoms with E-state index in [9.17, 15) is 19.8 Å². The highest BCUT2D eigenvalue weighted by atomic mass is 16.3. The third-order valence-electron chi connectivity index (χ3n) is 6.67. The van der Waals surface area contributed by atoms with Crippen LogP contribution in [0.2, 0.25) is 0 Å². The van der Waals surface area contributed by atoms with Crippen LogP contribution >= 0.6 is 0 Å². The number of carbonyl (C=O) groups is 2. The standard InChI is InChI=1S/C25H27N3O4/c29-14-7-20-16-26-22-6-5-19(15-21(20)22)17-1-3-18(4-2-17)23(30)27-10-12-28(13-11-27)24(31)25(32)8-9-25/h1-6,15-16,22,29,32H,7-14H2. The normalized spacial score (nSPS) is 23.3. The SMILES string of the molecule is O=C(c1ccc(C2=CC3=C(CCO)C=NC3C=C2)cc1)N1CCN(C(=O)C2(O)CC2)CC1. The van der Waals surface area contributed by atoms with E-state index in [4.69, 9.17) is 0 Å². The molecule has 5 rings (SSSR count). The summed E-state index contributed by atoms with van der Waals surface area (Å²) in [7, 11) is 0. The molecule has 1 saturated carbocycles. The predicted octanol–water partition coefficient (Wildman–Crippen LogP) is 1.58. The molecule has 0 aromatic heterocycles. The summed E-state index contributed by atoms with van der Waals surface area (Å²) in [4.78, 5) is 33.1. The molecule has 7 heteroatoms. The van der Waals surface area contributed by atoms with Crippen LogP contribution in [0.25, 0.3) is 5.57 Å². The lowest BCUT2D eigenvalue weighted by molar-refractivity contribution is -0.143. The molecule has 166 valence electrons. The highest BCUT2D eigenvalue weighted by Gasteiger charge is 2.50. The zero-order valence-electron chi connectivity index (χ0n) is 17.9. The van der Waals surface area contributed by atoms with Gasteiger partial charge >= 0.3 is 0 Å². The number of allylic oxidation sites excluding steroid dienone is 2. The molecule has 1 aromatic rings. The molecule has 2 aliphatic carbocycles. The highest BCUT2D eigenvalue weighted by Crippen LogP contribution is 2.37. The van der Waals surface area contributed by atoms with E-state index < -0.39 is 5.60 Å². The molecular weight excluding hydrogens is 406 g/mol. The van der Waals surface area contributed by atoms with Gasteiger partial charge in [-0.05, 0) is 59.8 Å². The molecule has 2 fully saturated rings. The number of benzene rings is 1. The van der Waals surface area contributed by atoms with Gasteiger partial charge in [-0.1, -0.05) is 24.3 Å². The summed E-state index contributed by atoms with van der Waals surface area (Å²) in [5.41, 5.74) is 3.74. The Balaban J connectivity index is 1.24. The van der Waals surface area contributed by atoms with Crippen LogP contribution in [0.4, 0.5) is 0 Å². The van der Waals surface area contributed by atoms with Gasteiger partial charge < -0.3 is 20.0 Å². The molecule has 1 aromatic carbocycles. The van der Waals surface area contributed by atoms with E-state index in [1.807, 2.05) is 36.6 Å². The summed E-state index contributed by atoms with van der Waals surface area (Å²) in [6.07, 6.45) is 9.74. The number of hydrogen-bond donors (Lipinski definition) is 2. The topological polar surface area (TPSA) is 93.4 Å². The Hall–Kier alpha value is -3.03. The number of aliphatic imine (C=N–C) groups is 1. The number of rotatable bonds is 5. The number of piperazine rings is 1. The summed E-state index contributed by atoms with van der Waals surface area (Å²) in [5.74, 6) is -0.242. The maximum absolute atomic E-state index is 12.9. The van der Waals surface area contributed by atoms with Crippen molar-refractivity contribution in [1.82, 2.24) is 9.80 Å². The lowest BCUT2D eigenvalue weighted by Gasteiger charge is -2.35. The minimum atomic E-state index is -1.15. The quantitative estimate of drug-likeness (QED) is 0.737. The van der Waals surface area contributed by atoms with Crippen molar-refractivity contribution < 1.29 is 19.8 Å². The Morgan fingerprint density at radius 1 is 1.06 bits per heavy atom. The summed E-state index contributed by atoms with van der Waals surface area (Å²) >= 11 is 0. The first-order chi connectivity index (χ1) is 15.5. The van der Waals surface area contributed by atoms with Crippen molar-refractivity contribution in [2.24, 2.45) is 4.99 Å². The maximum atomic E-state index is 12.9. The number of amides is 2. The van der Waals surface area contributed by atoms with E-state index in [1.165, 1.54) is 0 Å². The van der Waals surface area contributed by atoms with E-state index >= 15 is 0 Å². The van der Waals surface area contributed by atoms with Crippen LogP contribution < -0.4 is 0 Å². The number of aliphatic hydroxyl groups excluding tert-OH is 1. The first kappa shape index (κ1) is 20.8. The van der Waals surface area contributed by atoms with Crippen LogP contribution in [0.5, 0.6) is 0 Å². The second-order valence-electron chi connectivity index (χ2n) is 8.83. The minimum Gasteiger partial charge on any atom is -0.396 e. The Kier molecular flexibility index (Phi) is 5.31. The smallest absolute Gasteiger partial charge is 0.254 e. The fourth-order valence-electron chi connectivity index (χ4n) is 4.49. The summed E-state index contributed by atoms with van der Waals surface area (Å²) in [6.45, 7) is 1.96. The molecule has 0 radical (unpaired) electrons. The minimum absolute atomic E-state index is 0.0346. The summed E-state index contributed by atoms with van der Waals surface area (Å²) in [6, 6.07) is 7.63. The number of hydrogen-bond acceptors (Lipinski definition) is 5. The zero-order chi connectivity index (χ0) is 22.3. The number of aliphatic hydroxyl groups is 2. The van der Waals surface area contributed by atoms with Crippen molar-refractivity contribution >= 4 is 23.6 Å². The Bertz CT molecular complexity index is 1060. The molecule has 0 bridgehead atoms. The molecule has 1 atom stereocenters. The molecule has 32 heavy (non-hydrogen) atoms. The van der Waals surface area contributed by atoms with Crippen LogP contribution in [0.15, 0.2) is 58.6 Å². The van der Waals surface area contributed by atoms with Crippen molar-refractivity contribution in [1.29, 1.82) is 0 Å². The van der Waals surface area contributed by atoms with Crippen molar-refractivity contribution in [3.63, 3.8) is 0 Å². The Morgan fingerprint density at radius 2 is 1.75 bits per heavy atom. The maximum Gasteiger partial charge on any atom is 0.254 e. The van der Waals surface area contributed by atoms with Crippen molar-refractivity contribution in [3.05, 3.63) is 64.8 Å². The van der Waals surface area contributed by atoms with Crippen LogP contribution in [-0.4, -0.2) is 82.5 Å². The first-order valence-electron chi connectivity index (χ1n) is 11.2. The van der Waals surface area contributed by atoms with Gasteiger partial charge in [-0.2, -0.15) is 0 Å². The van der Waals surface area contributed by atoms with E-state index in [-0.39, 0.29) is 24.5 Å². The third-order valence-corrected chi connectivity index (χ3v) is 6.67. The zero-order valence-corrected chi connectivity index (χ0v) is 17.9. The largest absolute Gasteiger partial charge is 0.396 e. The highest BCUT2D eigenvalue weighted by molar-refractivity contribution is 5.95. The van der Waals surface area contributed by atoms with E-state index in [2.05, 4.69) is 17.1 Å². The van der Waals surface area contributed by atoms with Gasteiger partial charge in [-0.15, -0.1) is 0 Å². The first-order valence-corrected chi connectivity index (χ1v) is 11.2. The molecule has 0 spiro atoms. The number of nitrogens with zero attached hydrogens (tertiary/aromatic N) is 3. The van der Waals surface area contributed by atoms with Crippen LogP contribution in [-0.2, 0) is 4.79 Å². The molecular formula is C25H27N3O4. The number of fused-ring (bicyclic) bond motifs is 1. The van der Waals surface area contributed by atoms with Crippen LogP contribution in [0.1, 0.15) is 35.2 Å². The van der Waals surface area contributed by atoms with Gasteiger partial charge in [0, 0.05) is 44.6 Å². The summed E-state index contributed by atoms with van der Waals surface area (Å²) in [5, 5.41) is 19.3. The average molecular weight is 434 g/mol. The summed E-state index contributed by atoms with van der Waals surface area (Å²) < 4.78 is 0. The van der Waals surface area contributed by atoms with E-state index in [0.29, 0.717) is 51.0 Å². The fraction of sp³-hybridized carbons (Fsp3) is 0.400. The molecule has 1 saturated heterocycles. The monoisotopic (exact) mass is 433 g/mol. The van der Waals surface area contributed by atoms with Crippen molar-refractivity contribution in [2.75, 3.05) is 32.8 Å². The molecule has 1 unspecified atom stereocenters. The predicted molar refractivity (Wildman–Crippen MR) is 121 cm³/mol. The van der Waals surface area contributed by atoms with Crippen molar-refractivity contribution in [3.8, 4) is 0 Å². The number of carbonyl (C=O) groups excluding carboxylic acids is 2. The molecule has 2 heterocycles. The molecule has 2 N–H and O–H groups in total. The molecule has 7 nitrogen and oxygen atoms in total. The fourth-order valence-corrected chi connectivity index (χ4v) is 4.49. The second-order valence-corrected chi connectivity index (χ2v) is 8.83. The lowest BCUT2D eigenvalue weighted by Crippen LogP contribution is -2.53. The van der Waals surface area contributed by atoms with Crippen molar-refractivity contribution in [2.45, 2.75) is 30.9 Å². The Morgan fingerprint density at radius 3 is 2.41 bits per heavy atom. The van der Waals surface area contributed by atoms with E-state index in [0.717, 1.165) is 22.3 Å². The van der Waals surface area contributed by atoms with Crippen LogP contribution in [0.3, 0.4) is 0 Å². The molecule has 2 aliphatic heterocycles. The van der Waals surface area contributed by atoms with Crippen LogP contribution in [0, 0.1) is 0 Å². The van der Waals surface area contributed by atoms with Gasteiger partial charge in [0.25, 0.3) is 11.8 Å². The van der Waals surface area contributed by atoms with E-state index in [1.54, 1.807) is 9.80 Å². The van der Waals surface area contributed by atoms with Gasteiger partial charge in [0.05, 0.1) is 6.04 Å². The molecule has 4 aliphatic rings. The molecule has 2 amide bonds. The average Bonchev–Trinajstić information content (AvgIpc) is 3.47. The van der Waals surface area contributed by atoms with Gasteiger partial charge in [-0.3, -0.25) is 14.6 Å². The van der Waals surface area contributed by atoms with Gasteiger partial charge in [0.2, 0.25) is 0 Å². The Labute approximate surface area is 187 Å². The lowest BCUT2D eigenvalue weighted by atomic mass is 9.91. The van der Waals surface area contributed by atoms with Gasteiger partial charge in [0.15, 0.2) is 0 Å². The van der Waals surface area contributed by atoms with Gasteiger partial charge in [-0.25, -0.2) is 0 Å². The second kappa shape index (κ2) is 8.15. The third kappa shape index (κ3) is 3.82.